The summed E-state index contributed by atoms with van der Waals surface area (Å²) in [6.45, 7) is 7.97. The second kappa shape index (κ2) is 6.88. The number of ketones is 1. The molecule has 1 aromatic rings. The molecule has 0 saturated heterocycles. The summed E-state index contributed by atoms with van der Waals surface area (Å²) in [6.07, 6.45) is 0.0112. The number of esters is 1. The molecule has 6 heteroatoms. The maximum Gasteiger partial charge on any atom is 0.334 e. The van der Waals surface area contributed by atoms with Gasteiger partial charge in [-0.1, -0.05) is 6.08 Å². The van der Waals surface area contributed by atoms with Crippen molar-refractivity contribution in [3.8, 4) is 11.5 Å². The van der Waals surface area contributed by atoms with Crippen molar-refractivity contribution < 1.29 is 28.9 Å². The van der Waals surface area contributed by atoms with Gasteiger partial charge < -0.3 is 19.3 Å². The Labute approximate surface area is 147 Å². The number of benzene rings is 1. The second-order valence-corrected chi connectivity index (χ2v) is 6.64. The minimum absolute atomic E-state index is 0.180. The van der Waals surface area contributed by atoms with Crippen molar-refractivity contribution in [3.63, 3.8) is 0 Å². The summed E-state index contributed by atoms with van der Waals surface area (Å²) >= 11 is 0. The van der Waals surface area contributed by atoms with Gasteiger partial charge in [0.1, 0.15) is 11.5 Å². The van der Waals surface area contributed by atoms with Gasteiger partial charge in [-0.05, 0) is 40.7 Å². The molecule has 1 aromatic carbocycles. The van der Waals surface area contributed by atoms with Crippen molar-refractivity contribution in [2.75, 3.05) is 7.11 Å². The molecule has 1 aliphatic rings. The van der Waals surface area contributed by atoms with Crippen molar-refractivity contribution in [2.24, 2.45) is 0 Å². The number of methoxy groups -OCH3 is 1. The molecule has 0 radical (unpaired) electrons. The minimum atomic E-state index is -1.27. The fraction of sp³-hybridized carbons (Fsp3) is 0.474. The molecular weight excluding hydrogens is 324 g/mol. The predicted octanol–water partition coefficient (Wildman–Crippen LogP) is 2.98. The van der Waals surface area contributed by atoms with E-state index in [4.69, 9.17) is 14.2 Å². The van der Waals surface area contributed by atoms with E-state index in [2.05, 4.69) is 0 Å². The molecule has 2 rings (SSSR count). The number of ether oxygens (including phenoxy) is 3. The second-order valence-electron chi connectivity index (χ2n) is 6.64. The van der Waals surface area contributed by atoms with Crippen molar-refractivity contribution in [3.05, 3.63) is 34.9 Å². The molecular formula is C19H24O6. The monoisotopic (exact) mass is 348 g/mol. The first-order chi connectivity index (χ1) is 11.6. The Kier molecular flexibility index (Phi) is 5.23. The molecule has 0 bridgehead atoms. The molecule has 0 saturated carbocycles. The highest BCUT2D eigenvalue weighted by molar-refractivity contribution is 5.97. The molecule has 6 nitrogen and oxygen atoms in total. The summed E-state index contributed by atoms with van der Waals surface area (Å²) < 4.78 is 16.7. The third-order valence-electron chi connectivity index (χ3n) is 4.23. The van der Waals surface area contributed by atoms with Crippen LogP contribution in [0.2, 0.25) is 0 Å². The van der Waals surface area contributed by atoms with Crippen LogP contribution < -0.4 is 9.47 Å². The van der Waals surface area contributed by atoms with Gasteiger partial charge in [0, 0.05) is 17.2 Å². The van der Waals surface area contributed by atoms with Crippen molar-refractivity contribution in [2.45, 2.75) is 52.4 Å². The van der Waals surface area contributed by atoms with Crippen molar-refractivity contribution in [1.82, 2.24) is 0 Å². The average Bonchev–Trinajstić information content (AvgIpc) is 2.90. The number of Topliss-reactive ketones (excluding diaryl/α,β-unsaturated/α-hetero) is 1. The summed E-state index contributed by atoms with van der Waals surface area (Å²) in [5.41, 5.74) is 0.0842. The number of hydrogen-bond donors (Lipinski definition) is 1. The molecule has 136 valence electrons. The molecule has 0 spiro atoms. The van der Waals surface area contributed by atoms with Gasteiger partial charge >= 0.3 is 5.97 Å². The van der Waals surface area contributed by atoms with E-state index >= 15 is 0 Å². The van der Waals surface area contributed by atoms with Gasteiger partial charge in [-0.2, -0.15) is 0 Å². The quantitative estimate of drug-likeness (QED) is 0.500. The van der Waals surface area contributed by atoms with Crippen LogP contribution in [0.1, 0.15) is 56.6 Å². The molecule has 0 aromatic heterocycles. The topological polar surface area (TPSA) is 82.1 Å². The standard InChI is InChI=1S/C19H24O6/c1-7-10(2)18(21)25-16-13-8-12(11(3)20)14(23-6)9-15(13)24-17(16)19(4,5)22/h7-9,16-17,22H,1-6H3/b10-7-/t16-,17+/m1/s1. The van der Waals surface area contributed by atoms with Crippen molar-refractivity contribution in [1.29, 1.82) is 0 Å². The lowest BCUT2D eigenvalue weighted by Crippen LogP contribution is -2.43. The fourth-order valence-corrected chi connectivity index (χ4v) is 2.67. The van der Waals surface area contributed by atoms with E-state index in [-0.39, 0.29) is 5.78 Å². The summed E-state index contributed by atoms with van der Waals surface area (Å²) in [5.74, 6) is 0.113. The number of carbonyl (C=O) groups is 2. The normalized spacial score (nSPS) is 19.9. The Morgan fingerprint density at radius 1 is 1.28 bits per heavy atom. The molecule has 0 unspecified atom stereocenters. The molecule has 0 fully saturated rings. The summed E-state index contributed by atoms with van der Waals surface area (Å²) in [6, 6.07) is 3.19. The third kappa shape index (κ3) is 3.69. The van der Waals surface area contributed by atoms with E-state index in [1.54, 1.807) is 45.9 Å². The highest BCUT2D eigenvalue weighted by atomic mass is 16.6. The third-order valence-corrected chi connectivity index (χ3v) is 4.23. The Morgan fingerprint density at radius 2 is 1.92 bits per heavy atom. The van der Waals surface area contributed by atoms with Gasteiger partial charge in [0.05, 0.1) is 18.3 Å². The maximum atomic E-state index is 12.2. The number of hydrogen-bond acceptors (Lipinski definition) is 6. The lowest BCUT2D eigenvalue weighted by atomic mass is 9.93. The molecule has 1 N–H and O–H groups in total. The highest BCUT2D eigenvalue weighted by Crippen LogP contribution is 2.46. The minimum Gasteiger partial charge on any atom is -0.496 e. The first-order valence-corrected chi connectivity index (χ1v) is 8.06. The molecule has 1 aliphatic heterocycles. The zero-order chi connectivity index (χ0) is 18.9. The van der Waals surface area contributed by atoms with Crippen LogP contribution in [0, 0.1) is 0 Å². The van der Waals surface area contributed by atoms with Crippen LogP contribution in [0.15, 0.2) is 23.8 Å². The molecule has 0 aliphatic carbocycles. The van der Waals surface area contributed by atoms with E-state index in [0.29, 0.717) is 28.2 Å². The number of carbonyl (C=O) groups excluding carboxylic acids is 2. The number of allylic oxidation sites excluding steroid dienone is 1. The largest absolute Gasteiger partial charge is 0.496 e. The van der Waals surface area contributed by atoms with E-state index < -0.39 is 23.8 Å². The Hall–Kier alpha value is -2.34. The van der Waals surface area contributed by atoms with Crippen LogP contribution in [0.4, 0.5) is 0 Å². The lowest BCUT2D eigenvalue weighted by molar-refractivity contribution is -0.155. The van der Waals surface area contributed by atoms with Gasteiger partial charge in [-0.15, -0.1) is 0 Å². The molecule has 0 amide bonds. The number of aliphatic hydroxyl groups is 1. The smallest absolute Gasteiger partial charge is 0.334 e. The van der Waals surface area contributed by atoms with Crippen LogP contribution in [0.5, 0.6) is 11.5 Å². The van der Waals surface area contributed by atoms with Gasteiger partial charge in [0.15, 0.2) is 18.0 Å². The Balaban J connectivity index is 2.53. The summed E-state index contributed by atoms with van der Waals surface area (Å²) in [5, 5.41) is 10.4. The molecule has 2 atom stereocenters. The van der Waals surface area contributed by atoms with Crippen LogP contribution >= 0.6 is 0 Å². The zero-order valence-electron chi connectivity index (χ0n) is 15.4. The van der Waals surface area contributed by atoms with E-state index in [1.165, 1.54) is 14.0 Å². The van der Waals surface area contributed by atoms with E-state index in [1.807, 2.05) is 0 Å². The average molecular weight is 348 g/mol. The van der Waals surface area contributed by atoms with E-state index in [9.17, 15) is 14.7 Å². The van der Waals surface area contributed by atoms with E-state index in [0.717, 1.165) is 0 Å². The van der Waals surface area contributed by atoms with Gasteiger partial charge in [-0.25, -0.2) is 4.79 Å². The molecule has 25 heavy (non-hydrogen) atoms. The van der Waals surface area contributed by atoms with Crippen LogP contribution in [0.25, 0.3) is 0 Å². The van der Waals surface area contributed by atoms with Crippen LogP contribution in [0.3, 0.4) is 0 Å². The van der Waals surface area contributed by atoms with Crippen LogP contribution in [-0.4, -0.2) is 35.7 Å². The lowest BCUT2D eigenvalue weighted by Gasteiger charge is -2.29. The fourth-order valence-electron chi connectivity index (χ4n) is 2.67. The van der Waals surface area contributed by atoms with Gasteiger partial charge in [-0.3, -0.25) is 4.79 Å². The highest BCUT2D eigenvalue weighted by Gasteiger charge is 2.46. The number of rotatable bonds is 5. The number of fused-ring (bicyclic) bond motifs is 1. The van der Waals surface area contributed by atoms with Crippen LogP contribution in [-0.2, 0) is 9.53 Å². The SMILES string of the molecule is C/C=C(/C)C(=O)O[C@@H]1c2cc(C(C)=O)c(OC)cc2O[C@@H]1C(C)(C)O. The van der Waals surface area contributed by atoms with Gasteiger partial charge in [0.25, 0.3) is 0 Å². The Morgan fingerprint density at radius 3 is 2.40 bits per heavy atom. The summed E-state index contributed by atoms with van der Waals surface area (Å²) in [7, 11) is 1.46. The van der Waals surface area contributed by atoms with Crippen molar-refractivity contribution >= 4 is 11.8 Å². The first-order valence-electron chi connectivity index (χ1n) is 8.06. The first kappa shape index (κ1) is 19.0. The Bertz CT molecular complexity index is 726. The summed E-state index contributed by atoms with van der Waals surface area (Å²) in [4.78, 5) is 24.1. The molecule has 1 heterocycles. The van der Waals surface area contributed by atoms with Gasteiger partial charge in [0.2, 0.25) is 0 Å². The zero-order valence-corrected chi connectivity index (χ0v) is 15.4. The maximum absolute atomic E-state index is 12.2. The predicted molar refractivity (Wildman–Crippen MR) is 92.0 cm³/mol.